The maximum absolute atomic E-state index is 10.9. The minimum absolute atomic E-state index is 0.413. The maximum Gasteiger partial charge on any atom is 0.170 e. The predicted octanol–water partition coefficient (Wildman–Crippen LogP) is 6.42. The second-order valence-corrected chi connectivity index (χ2v) is 12.0. The lowest BCUT2D eigenvalue weighted by Gasteiger charge is -2.52. The van der Waals surface area contributed by atoms with Gasteiger partial charge in [-0.25, -0.2) is 9.97 Å². The molecular formula is C33H27ClN6O. The zero-order valence-corrected chi connectivity index (χ0v) is 23.0. The van der Waals surface area contributed by atoms with E-state index in [0.29, 0.717) is 40.9 Å². The van der Waals surface area contributed by atoms with Gasteiger partial charge in [-0.2, -0.15) is 0 Å². The van der Waals surface area contributed by atoms with Gasteiger partial charge in [-0.05, 0) is 61.4 Å². The first-order valence-electron chi connectivity index (χ1n) is 13.9. The molecule has 6 aromatic rings. The first kappa shape index (κ1) is 24.6. The molecule has 3 heterocycles. The second-order valence-electron chi connectivity index (χ2n) is 11.5. The highest BCUT2D eigenvalue weighted by Gasteiger charge is 2.58. The van der Waals surface area contributed by atoms with Gasteiger partial charge in [0, 0.05) is 27.3 Å². The third-order valence-corrected chi connectivity index (χ3v) is 8.87. The van der Waals surface area contributed by atoms with Gasteiger partial charge in [0.25, 0.3) is 0 Å². The molecule has 0 unspecified atom stereocenters. The molecule has 0 radical (unpaired) electrons. The normalized spacial score (nSPS) is 22.2. The number of nitrogens with two attached hydrogens (primary N) is 1. The Bertz CT molecular complexity index is 1940. The van der Waals surface area contributed by atoms with Gasteiger partial charge in [-0.15, -0.1) is 10.2 Å². The van der Waals surface area contributed by atoms with E-state index in [-0.39, 0.29) is 0 Å². The predicted molar refractivity (Wildman–Crippen MR) is 160 cm³/mol. The number of rotatable bonds is 5. The molecule has 202 valence electrons. The fraction of sp³-hybridized carbons (Fsp3) is 0.212. The summed E-state index contributed by atoms with van der Waals surface area (Å²) in [6.07, 6.45) is 3.44. The van der Waals surface area contributed by atoms with Gasteiger partial charge in [0.15, 0.2) is 17.1 Å². The molecule has 2 aliphatic rings. The molecule has 0 amide bonds. The molecule has 0 saturated heterocycles. The average molecular weight is 559 g/mol. The smallest absolute Gasteiger partial charge is 0.170 e. The molecular weight excluding hydrogens is 532 g/mol. The average Bonchev–Trinajstić information content (AvgIpc) is 3.75. The molecule has 3 aromatic heterocycles. The van der Waals surface area contributed by atoms with Crippen molar-refractivity contribution >= 4 is 28.4 Å². The van der Waals surface area contributed by atoms with Crippen LogP contribution in [-0.4, -0.2) is 35.3 Å². The number of nitrogens with zero attached hydrogens (tertiary/aromatic N) is 5. The number of aliphatic hydroxyl groups is 1. The van der Waals surface area contributed by atoms with Crippen LogP contribution in [-0.2, 0) is 5.54 Å². The second kappa shape index (κ2) is 8.91. The first-order chi connectivity index (χ1) is 19.9. The van der Waals surface area contributed by atoms with Gasteiger partial charge in [-0.1, -0.05) is 78.3 Å². The molecule has 41 heavy (non-hydrogen) atoms. The molecule has 8 heteroatoms. The first-order valence-corrected chi connectivity index (χ1v) is 14.3. The molecule has 0 bridgehead atoms. The number of pyridine rings is 1. The molecule has 8 rings (SSSR count). The monoisotopic (exact) mass is 558 g/mol. The third kappa shape index (κ3) is 4.03. The zero-order chi connectivity index (χ0) is 27.8. The third-order valence-electron chi connectivity index (χ3n) is 8.64. The van der Waals surface area contributed by atoms with Crippen molar-refractivity contribution in [2.75, 3.05) is 0 Å². The fourth-order valence-electron chi connectivity index (χ4n) is 6.41. The van der Waals surface area contributed by atoms with Crippen molar-refractivity contribution in [1.82, 2.24) is 24.6 Å². The molecule has 2 fully saturated rings. The van der Waals surface area contributed by atoms with Gasteiger partial charge in [0.05, 0.1) is 17.0 Å². The quantitative estimate of drug-likeness (QED) is 0.253. The molecule has 3 aromatic carbocycles. The van der Waals surface area contributed by atoms with Crippen LogP contribution in [0.25, 0.3) is 50.7 Å². The Labute approximate surface area is 241 Å². The highest BCUT2D eigenvalue weighted by atomic mass is 35.5. The SMILES string of the molecule is N[C@]1(c2ccc(-c3nc4ccc5nnc(-c6cccc(Cl)c6)n5c4nc3-c3ccccc3)cc2)C[C@](O)(C2CC2)C1. The summed E-state index contributed by atoms with van der Waals surface area (Å²) in [5, 5.41) is 20.4. The Balaban J connectivity index is 1.27. The van der Waals surface area contributed by atoms with E-state index in [4.69, 9.17) is 27.3 Å². The Hall–Kier alpha value is -4.17. The number of hydrogen-bond acceptors (Lipinski definition) is 6. The van der Waals surface area contributed by atoms with Crippen LogP contribution in [0.5, 0.6) is 0 Å². The minimum atomic E-state index is -0.602. The summed E-state index contributed by atoms with van der Waals surface area (Å²) in [7, 11) is 0. The topological polar surface area (TPSA) is 102 Å². The van der Waals surface area contributed by atoms with Crippen LogP contribution >= 0.6 is 11.6 Å². The Kier molecular flexibility index (Phi) is 5.35. The summed E-state index contributed by atoms with van der Waals surface area (Å²) < 4.78 is 1.93. The lowest BCUT2D eigenvalue weighted by Crippen LogP contribution is -2.60. The summed E-state index contributed by atoms with van der Waals surface area (Å²) in [5.41, 5.74) is 13.1. The van der Waals surface area contributed by atoms with Crippen molar-refractivity contribution in [3.05, 3.63) is 102 Å². The van der Waals surface area contributed by atoms with Crippen molar-refractivity contribution < 1.29 is 5.11 Å². The van der Waals surface area contributed by atoms with Crippen molar-refractivity contribution in [3.8, 4) is 33.9 Å². The van der Waals surface area contributed by atoms with Crippen molar-refractivity contribution in [2.24, 2.45) is 11.7 Å². The Morgan fingerprint density at radius 1 is 0.780 bits per heavy atom. The van der Waals surface area contributed by atoms with E-state index in [0.717, 1.165) is 52.0 Å². The van der Waals surface area contributed by atoms with Crippen LogP contribution in [0.1, 0.15) is 31.2 Å². The van der Waals surface area contributed by atoms with E-state index >= 15 is 0 Å². The van der Waals surface area contributed by atoms with Crippen LogP contribution in [0, 0.1) is 5.92 Å². The molecule has 0 aliphatic heterocycles. The molecule has 2 aliphatic carbocycles. The van der Waals surface area contributed by atoms with E-state index in [2.05, 4.69) is 34.5 Å². The summed E-state index contributed by atoms with van der Waals surface area (Å²) in [4.78, 5) is 10.4. The zero-order valence-electron chi connectivity index (χ0n) is 22.2. The van der Waals surface area contributed by atoms with E-state index in [1.54, 1.807) is 0 Å². The summed E-state index contributed by atoms with van der Waals surface area (Å²) >= 11 is 6.30. The Morgan fingerprint density at radius 3 is 2.22 bits per heavy atom. The van der Waals surface area contributed by atoms with Crippen LogP contribution in [0.3, 0.4) is 0 Å². The molecule has 7 nitrogen and oxygen atoms in total. The number of benzene rings is 3. The number of halogens is 1. The lowest BCUT2D eigenvalue weighted by molar-refractivity contribution is -0.106. The highest BCUT2D eigenvalue weighted by Crippen LogP contribution is 2.57. The number of hydrogen-bond donors (Lipinski definition) is 2. The number of fused-ring (bicyclic) bond motifs is 3. The van der Waals surface area contributed by atoms with Gasteiger partial charge < -0.3 is 10.8 Å². The van der Waals surface area contributed by atoms with Gasteiger partial charge >= 0.3 is 0 Å². The van der Waals surface area contributed by atoms with Gasteiger partial charge in [0.2, 0.25) is 0 Å². The summed E-state index contributed by atoms with van der Waals surface area (Å²) in [5.74, 6) is 1.06. The standard InChI is InChI=1S/C33H27ClN6O/c34-25-8-4-7-22(17-25)30-39-38-27-16-15-26-31(40(27)30)37-29(20-5-2-1-3-6-20)28(36-26)21-9-11-23(12-10-21)32(35)18-33(41,19-32)24-13-14-24/h1-12,15-17,24,41H,13-14,18-19,35H2/t32-,33-. The minimum Gasteiger partial charge on any atom is -0.389 e. The van der Waals surface area contributed by atoms with Crippen molar-refractivity contribution in [1.29, 1.82) is 0 Å². The lowest BCUT2D eigenvalue weighted by atomic mass is 9.60. The summed E-state index contributed by atoms with van der Waals surface area (Å²) in [6, 6.07) is 29.7. The van der Waals surface area contributed by atoms with Crippen molar-refractivity contribution in [2.45, 2.75) is 36.8 Å². The largest absolute Gasteiger partial charge is 0.389 e. The van der Waals surface area contributed by atoms with E-state index in [1.165, 1.54) is 0 Å². The summed E-state index contributed by atoms with van der Waals surface area (Å²) in [6.45, 7) is 0. The van der Waals surface area contributed by atoms with Gasteiger partial charge in [-0.3, -0.25) is 4.40 Å². The van der Waals surface area contributed by atoms with Crippen LogP contribution in [0.15, 0.2) is 91.0 Å². The fourth-order valence-corrected chi connectivity index (χ4v) is 6.60. The molecule has 0 spiro atoms. The maximum atomic E-state index is 10.9. The molecule has 0 atom stereocenters. The van der Waals surface area contributed by atoms with Crippen molar-refractivity contribution in [3.63, 3.8) is 0 Å². The van der Waals surface area contributed by atoms with E-state index < -0.39 is 11.1 Å². The highest BCUT2D eigenvalue weighted by molar-refractivity contribution is 6.30. The van der Waals surface area contributed by atoms with Crippen LogP contribution < -0.4 is 5.73 Å². The van der Waals surface area contributed by atoms with E-state index in [9.17, 15) is 5.11 Å². The van der Waals surface area contributed by atoms with Crippen LogP contribution in [0.4, 0.5) is 0 Å². The van der Waals surface area contributed by atoms with E-state index in [1.807, 2.05) is 71.1 Å². The molecule has 3 N–H and O–H groups in total. The van der Waals surface area contributed by atoms with Crippen LogP contribution in [0.2, 0.25) is 5.02 Å². The molecule has 2 saturated carbocycles. The number of aromatic nitrogens is 5. The van der Waals surface area contributed by atoms with Gasteiger partial charge in [0.1, 0.15) is 5.52 Å². The Morgan fingerprint density at radius 2 is 1.49 bits per heavy atom.